The van der Waals surface area contributed by atoms with E-state index < -0.39 is 5.97 Å². The van der Waals surface area contributed by atoms with Crippen molar-refractivity contribution in [3.63, 3.8) is 0 Å². The number of aliphatic carboxylic acids is 1. The van der Waals surface area contributed by atoms with Gasteiger partial charge in [-0.05, 0) is 37.6 Å². The number of carboxylic acid groups (broad SMARTS) is 1. The Morgan fingerprint density at radius 1 is 1.17 bits per heavy atom. The average molecular weight is 406 g/mol. The molecule has 0 radical (unpaired) electrons. The summed E-state index contributed by atoms with van der Waals surface area (Å²) in [5.74, 6) is -0.833. The maximum atomic E-state index is 12.8. The number of aryl methyl sites for hydroxylation is 1. The van der Waals surface area contributed by atoms with Crippen molar-refractivity contribution in [2.75, 3.05) is 6.54 Å². The minimum atomic E-state index is -0.833. The molecule has 156 valence electrons. The van der Waals surface area contributed by atoms with E-state index in [-0.39, 0.29) is 5.56 Å². The lowest BCUT2D eigenvalue weighted by molar-refractivity contribution is -0.134. The van der Waals surface area contributed by atoms with E-state index in [4.69, 9.17) is 20.6 Å². The quantitative estimate of drug-likeness (QED) is 0.469. The summed E-state index contributed by atoms with van der Waals surface area (Å²) in [5, 5.41) is 8.48. The number of nitrogens with two attached hydrogens (primary N) is 1. The molecule has 7 heteroatoms. The van der Waals surface area contributed by atoms with Crippen LogP contribution in [0.5, 0.6) is 0 Å². The fraction of sp³-hybridized carbons (Fsp3) is 0.261. The number of hydrogen-bond acceptors (Lipinski definition) is 4. The number of aromatic nitrogens is 3. The zero-order valence-corrected chi connectivity index (χ0v) is 17.2. The summed E-state index contributed by atoms with van der Waals surface area (Å²) in [4.78, 5) is 29.5. The van der Waals surface area contributed by atoms with Crippen molar-refractivity contribution in [2.24, 2.45) is 5.73 Å². The van der Waals surface area contributed by atoms with Gasteiger partial charge in [-0.2, -0.15) is 0 Å². The predicted octanol–water partition coefficient (Wildman–Crippen LogP) is 3.55. The second-order valence-electron chi connectivity index (χ2n) is 6.94. The standard InChI is InChI=1S/C21H22N4O.C2H4O2/c1-2-17-19(14-8-3-6-11-18(14)25(17)13-7-12-22)20-21(26)24-16-10-5-4-9-15(16)23-20;1-2(3)4/h3-6,8-11H,2,7,12-13,22H2,1H3,(H,24,26);1H3,(H,3,4). The SMILES string of the molecule is CC(=O)O.CCc1c(-c2nc3ccccc3[nH]c2=O)c2ccccc2n1CCCN. The molecule has 0 atom stereocenters. The summed E-state index contributed by atoms with van der Waals surface area (Å²) in [6.07, 6.45) is 1.72. The molecule has 0 saturated carbocycles. The number of carboxylic acids is 1. The Kier molecular flexibility index (Phi) is 6.64. The lowest BCUT2D eigenvalue weighted by atomic mass is 10.1. The van der Waals surface area contributed by atoms with Gasteiger partial charge in [-0.3, -0.25) is 9.59 Å². The summed E-state index contributed by atoms with van der Waals surface area (Å²) < 4.78 is 2.29. The van der Waals surface area contributed by atoms with Gasteiger partial charge in [0.1, 0.15) is 5.69 Å². The zero-order chi connectivity index (χ0) is 21.7. The average Bonchev–Trinajstić information content (AvgIpc) is 3.04. The number of hydrogen-bond donors (Lipinski definition) is 3. The molecule has 0 bridgehead atoms. The number of fused-ring (bicyclic) bond motifs is 2. The van der Waals surface area contributed by atoms with Gasteiger partial charge in [-0.25, -0.2) is 4.98 Å². The van der Waals surface area contributed by atoms with E-state index in [9.17, 15) is 4.79 Å². The monoisotopic (exact) mass is 406 g/mol. The Labute approximate surface area is 174 Å². The van der Waals surface area contributed by atoms with Gasteiger partial charge in [0, 0.05) is 35.6 Å². The third kappa shape index (κ3) is 4.26. The summed E-state index contributed by atoms with van der Waals surface area (Å²) >= 11 is 0. The van der Waals surface area contributed by atoms with E-state index >= 15 is 0 Å². The number of carbonyl (C=O) groups is 1. The van der Waals surface area contributed by atoms with Gasteiger partial charge in [0.05, 0.1) is 11.0 Å². The Morgan fingerprint density at radius 2 is 1.83 bits per heavy atom. The molecule has 0 unspecified atom stereocenters. The van der Waals surface area contributed by atoms with Crippen LogP contribution in [0.3, 0.4) is 0 Å². The summed E-state index contributed by atoms with van der Waals surface area (Å²) in [7, 11) is 0. The topological polar surface area (TPSA) is 114 Å². The number of rotatable bonds is 5. The molecule has 2 aromatic carbocycles. The number of nitrogens with one attached hydrogen (secondary N) is 1. The number of aromatic amines is 1. The highest BCUT2D eigenvalue weighted by molar-refractivity contribution is 5.97. The van der Waals surface area contributed by atoms with Crippen LogP contribution in [0.25, 0.3) is 33.2 Å². The van der Waals surface area contributed by atoms with Gasteiger partial charge >= 0.3 is 0 Å². The number of H-pyrrole nitrogens is 1. The molecule has 0 aliphatic carbocycles. The molecule has 4 N–H and O–H groups in total. The fourth-order valence-electron chi connectivity index (χ4n) is 3.69. The van der Waals surface area contributed by atoms with Crippen LogP contribution >= 0.6 is 0 Å². The van der Waals surface area contributed by atoms with Crippen LogP contribution in [0.4, 0.5) is 0 Å². The molecule has 30 heavy (non-hydrogen) atoms. The summed E-state index contributed by atoms with van der Waals surface area (Å²) in [6.45, 7) is 4.68. The van der Waals surface area contributed by atoms with Gasteiger partial charge in [0.25, 0.3) is 11.5 Å². The molecule has 0 aliphatic heterocycles. The highest BCUT2D eigenvalue weighted by atomic mass is 16.4. The molecule has 7 nitrogen and oxygen atoms in total. The molecule has 0 saturated heterocycles. The van der Waals surface area contributed by atoms with Crippen LogP contribution in [-0.2, 0) is 17.8 Å². The van der Waals surface area contributed by atoms with Gasteiger partial charge < -0.3 is 20.4 Å². The smallest absolute Gasteiger partial charge is 0.300 e. The predicted molar refractivity (Wildman–Crippen MR) is 120 cm³/mol. The summed E-state index contributed by atoms with van der Waals surface area (Å²) in [6, 6.07) is 15.8. The first kappa shape index (κ1) is 21.3. The molecule has 4 aromatic rings. The molecule has 0 spiro atoms. The van der Waals surface area contributed by atoms with Crippen molar-refractivity contribution in [2.45, 2.75) is 33.2 Å². The first-order valence-corrected chi connectivity index (χ1v) is 9.97. The third-order valence-corrected chi connectivity index (χ3v) is 4.84. The highest BCUT2D eigenvalue weighted by Gasteiger charge is 2.20. The fourth-order valence-corrected chi connectivity index (χ4v) is 3.69. The minimum Gasteiger partial charge on any atom is -0.481 e. The van der Waals surface area contributed by atoms with Crippen LogP contribution in [0.2, 0.25) is 0 Å². The summed E-state index contributed by atoms with van der Waals surface area (Å²) in [5.41, 5.74) is 10.8. The molecule has 0 fully saturated rings. The molecular formula is C23H26N4O3. The van der Waals surface area contributed by atoms with Crippen LogP contribution < -0.4 is 11.3 Å². The van der Waals surface area contributed by atoms with Crippen LogP contribution in [0, 0.1) is 0 Å². The molecule has 2 heterocycles. The van der Waals surface area contributed by atoms with E-state index in [1.807, 2.05) is 36.4 Å². The molecule has 0 amide bonds. The van der Waals surface area contributed by atoms with E-state index in [1.165, 1.54) is 0 Å². The second kappa shape index (κ2) is 9.37. The van der Waals surface area contributed by atoms with Crippen molar-refractivity contribution in [1.29, 1.82) is 0 Å². The Balaban J connectivity index is 0.000000589. The van der Waals surface area contributed by atoms with Crippen molar-refractivity contribution >= 4 is 27.9 Å². The maximum absolute atomic E-state index is 12.8. The Morgan fingerprint density at radius 3 is 2.53 bits per heavy atom. The van der Waals surface area contributed by atoms with Gasteiger partial charge in [-0.1, -0.05) is 37.3 Å². The lowest BCUT2D eigenvalue weighted by Crippen LogP contribution is -2.13. The number of para-hydroxylation sites is 3. The minimum absolute atomic E-state index is 0.153. The Hall–Kier alpha value is -3.45. The molecule has 2 aromatic heterocycles. The van der Waals surface area contributed by atoms with E-state index in [0.717, 1.165) is 59.5 Å². The van der Waals surface area contributed by atoms with E-state index in [0.29, 0.717) is 12.2 Å². The second-order valence-corrected chi connectivity index (χ2v) is 6.94. The highest BCUT2D eigenvalue weighted by Crippen LogP contribution is 2.33. The van der Waals surface area contributed by atoms with Crippen molar-refractivity contribution in [3.8, 4) is 11.3 Å². The first-order chi connectivity index (χ1) is 14.5. The number of nitrogens with zero attached hydrogens (tertiary/aromatic N) is 2. The van der Waals surface area contributed by atoms with Crippen molar-refractivity contribution in [1.82, 2.24) is 14.5 Å². The lowest BCUT2D eigenvalue weighted by Gasteiger charge is -2.10. The van der Waals surface area contributed by atoms with Crippen molar-refractivity contribution in [3.05, 3.63) is 64.6 Å². The maximum Gasteiger partial charge on any atom is 0.300 e. The van der Waals surface area contributed by atoms with Gasteiger partial charge in [0.2, 0.25) is 0 Å². The van der Waals surface area contributed by atoms with Crippen LogP contribution in [0.1, 0.15) is 26.0 Å². The largest absolute Gasteiger partial charge is 0.481 e. The van der Waals surface area contributed by atoms with E-state index in [1.54, 1.807) is 0 Å². The van der Waals surface area contributed by atoms with Crippen LogP contribution in [-0.4, -0.2) is 32.2 Å². The van der Waals surface area contributed by atoms with Gasteiger partial charge in [-0.15, -0.1) is 0 Å². The van der Waals surface area contributed by atoms with Crippen molar-refractivity contribution < 1.29 is 9.90 Å². The molecule has 0 aliphatic rings. The van der Waals surface area contributed by atoms with Gasteiger partial charge in [0.15, 0.2) is 0 Å². The molecule has 4 rings (SSSR count). The normalized spacial score (nSPS) is 10.8. The number of benzene rings is 2. The third-order valence-electron chi connectivity index (χ3n) is 4.84. The zero-order valence-electron chi connectivity index (χ0n) is 17.2. The first-order valence-electron chi connectivity index (χ1n) is 9.97. The van der Waals surface area contributed by atoms with Crippen LogP contribution in [0.15, 0.2) is 53.3 Å². The van der Waals surface area contributed by atoms with E-state index in [2.05, 4.69) is 28.6 Å². The Bertz CT molecular complexity index is 1240. The molecular weight excluding hydrogens is 380 g/mol.